The van der Waals surface area contributed by atoms with Crippen molar-refractivity contribution >= 4 is 21.8 Å². The van der Waals surface area contributed by atoms with Crippen LogP contribution in [0.5, 0.6) is 5.75 Å². The molecule has 19 heavy (non-hydrogen) atoms. The van der Waals surface area contributed by atoms with Gasteiger partial charge in [0.05, 0.1) is 10.6 Å². The number of para-hydroxylation sites is 1. The van der Waals surface area contributed by atoms with Crippen LogP contribution < -0.4 is 10.1 Å². The first-order chi connectivity index (χ1) is 9.04. The smallest absolute Gasteiger partial charge is 0.260 e. The zero-order valence-electron chi connectivity index (χ0n) is 11.2. The summed E-state index contributed by atoms with van der Waals surface area (Å²) in [6.45, 7) is 4.06. The van der Waals surface area contributed by atoms with Crippen molar-refractivity contribution in [3.63, 3.8) is 0 Å². The number of hydrogen-bond donors (Lipinski definition) is 2. The topological polar surface area (TPSA) is 58.6 Å². The number of carbonyl (C=O) groups is 1. The summed E-state index contributed by atoms with van der Waals surface area (Å²) in [5.74, 6) is 0.456. The molecule has 1 aromatic carbocycles. The Hall–Kier alpha value is -1.07. The van der Waals surface area contributed by atoms with Gasteiger partial charge in [-0.05, 0) is 47.8 Å². The Morgan fingerprint density at radius 1 is 1.47 bits per heavy atom. The highest BCUT2D eigenvalue weighted by molar-refractivity contribution is 9.10. The van der Waals surface area contributed by atoms with E-state index in [0.717, 1.165) is 4.47 Å². The number of aliphatic hydroxyl groups excluding tert-OH is 1. The largest absolute Gasteiger partial charge is 0.480 e. The second kappa shape index (κ2) is 8.17. The highest BCUT2D eigenvalue weighted by Crippen LogP contribution is 2.24. The third-order valence-electron chi connectivity index (χ3n) is 2.76. The molecule has 2 atom stereocenters. The molecular formula is C14H20BrNO3. The average Bonchev–Trinajstić information content (AvgIpc) is 2.40. The van der Waals surface area contributed by atoms with E-state index in [1.165, 1.54) is 0 Å². The number of carbonyl (C=O) groups excluding carboxylic acids is 1. The number of hydrogen-bond acceptors (Lipinski definition) is 3. The van der Waals surface area contributed by atoms with Crippen LogP contribution in [0.3, 0.4) is 0 Å². The fourth-order valence-corrected chi connectivity index (χ4v) is 1.87. The number of halogens is 1. The van der Waals surface area contributed by atoms with E-state index in [4.69, 9.17) is 4.74 Å². The lowest BCUT2D eigenvalue weighted by atomic mass is 10.2. The average molecular weight is 330 g/mol. The molecule has 0 aromatic heterocycles. The van der Waals surface area contributed by atoms with Crippen molar-refractivity contribution in [1.29, 1.82) is 0 Å². The molecule has 0 aliphatic carbocycles. The summed E-state index contributed by atoms with van der Waals surface area (Å²) in [6, 6.07) is 7.39. The Balaban J connectivity index is 2.39. The predicted octanol–water partition coefficient (Wildman–Crippen LogP) is 2.49. The van der Waals surface area contributed by atoms with Crippen molar-refractivity contribution in [2.24, 2.45) is 0 Å². The molecule has 1 aromatic rings. The Morgan fingerprint density at radius 3 is 2.79 bits per heavy atom. The lowest BCUT2D eigenvalue weighted by Gasteiger charge is -2.16. The molecule has 0 heterocycles. The fourth-order valence-electron chi connectivity index (χ4n) is 1.49. The minimum atomic E-state index is -0.572. The van der Waals surface area contributed by atoms with E-state index in [-0.39, 0.29) is 12.0 Å². The van der Waals surface area contributed by atoms with E-state index in [0.29, 0.717) is 25.1 Å². The Bertz CT molecular complexity index is 411. The maximum Gasteiger partial charge on any atom is 0.260 e. The number of nitrogens with one attached hydrogen (secondary N) is 1. The summed E-state index contributed by atoms with van der Waals surface area (Å²) in [5, 5.41) is 12.1. The number of aliphatic hydroxyl groups is 1. The molecule has 0 saturated heterocycles. The van der Waals surface area contributed by atoms with Gasteiger partial charge in [0.1, 0.15) is 5.75 Å². The van der Waals surface area contributed by atoms with Crippen LogP contribution in [-0.4, -0.2) is 29.8 Å². The second-order valence-electron chi connectivity index (χ2n) is 4.33. The lowest BCUT2D eigenvalue weighted by molar-refractivity contribution is -0.127. The quantitative estimate of drug-likeness (QED) is 0.808. The molecule has 5 heteroatoms. The van der Waals surface area contributed by atoms with E-state index in [1.54, 1.807) is 13.0 Å². The van der Waals surface area contributed by atoms with Gasteiger partial charge in [-0.1, -0.05) is 19.1 Å². The van der Waals surface area contributed by atoms with Crippen molar-refractivity contribution in [2.45, 2.75) is 38.9 Å². The van der Waals surface area contributed by atoms with E-state index in [2.05, 4.69) is 21.2 Å². The Labute approximate surface area is 122 Å². The Morgan fingerprint density at radius 2 is 2.16 bits per heavy atom. The van der Waals surface area contributed by atoms with Gasteiger partial charge >= 0.3 is 0 Å². The van der Waals surface area contributed by atoms with Crippen LogP contribution in [0.1, 0.15) is 26.7 Å². The van der Waals surface area contributed by atoms with Gasteiger partial charge in [-0.25, -0.2) is 0 Å². The molecule has 106 valence electrons. The first kappa shape index (κ1) is 16.0. The summed E-state index contributed by atoms with van der Waals surface area (Å²) < 4.78 is 6.39. The van der Waals surface area contributed by atoms with Crippen LogP contribution in [0, 0.1) is 0 Å². The summed E-state index contributed by atoms with van der Waals surface area (Å²) in [6.07, 6.45) is 0.320. The van der Waals surface area contributed by atoms with Crippen LogP contribution in [-0.2, 0) is 4.79 Å². The van der Waals surface area contributed by atoms with E-state index >= 15 is 0 Å². The van der Waals surface area contributed by atoms with Crippen molar-refractivity contribution in [3.8, 4) is 5.75 Å². The maximum atomic E-state index is 11.8. The van der Waals surface area contributed by atoms with Gasteiger partial charge in [-0.2, -0.15) is 0 Å². The van der Waals surface area contributed by atoms with Gasteiger partial charge in [0.15, 0.2) is 6.10 Å². The van der Waals surface area contributed by atoms with Gasteiger partial charge < -0.3 is 15.2 Å². The molecular weight excluding hydrogens is 310 g/mol. The first-order valence-electron chi connectivity index (χ1n) is 6.41. The third-order valence-corrected chi connectivity index (χ3v) is 3.41. The summed E-state index contributed by atoms with van der Waals surface area (Å²) in [4.78, 5) is 11.8. The molecule has 2 N–H and O–H groups in total. The van der Waals surface area contributed by atoms with E-state index < -0.39 is 6.10 Å². The number of rotatable bonds is 7. The summed E-state index contributed by atoms with van der Waals surface area (Å²) >= 11 is 3.37. The van der Waals surface area contributed by atoms with E-state index in [9.17, 15) is 9.90 Å². The minimum absolute atomic E-state index is 0.181. The van der Waals surface area contributed by atoms with Crippen molar-refractivity contribution in [1.82, 2.24) is 5.32 Å². The molecule has 2 unspecified atom stereocenters. The highest BCUT2D eigenvalue weighted by atomic mass is 79.9. The first-order valence-corrected chi connectivity index (χ1v) is 7.20. The van der Waals surface area contributed by atoms with Crippen LogP contribution in [0.25, 0.3) is 0 Å². The molecule has 0 bridgehead atoms. The molecule has 0 aliphatic heterocycles. The molecule has 0 aliphatic rings. The molecule has 0 spiro atoms. The Kier molecular flexibility index (Phi) is 6.87. The molecule has 1 rings (SSSR count). The van der Waals surface area contributed by atoms with Gasteiger partial charge in [-0.15, -0.1) is 0 Å². The predicted molar refractivity (Wildman–Crippen MR) is 78.2 cm³/mol. The maximum absolute atomic E-state index is 11.8. The third kappa shape index (κ3) is 5.61. The van der Waals surface area contributed by atoms with Crippen molar-refractivity contribution < 1.29 is 14.6 Å². The standard InChI is InChI=1S/C14H20BrNO3/c1-3-11(17)8-9-16-14(18)10(2)19-13-7-5-4-6-12(13)15/h4-7,10-11,17H,3,8-9H2,1-2H3,(H,16,18). The molecule has 0 saturated carbocycles. The fraction of sp³-hybridized carbons (Fsp3) is 0.500. The monoisotopic (exact) mass is 329 g/mol. The highest BCUT2D eigenvalue weighted by Gasteiger charge is 2.15. The summed E-state index contributed by atoms with van der Waals surface area (Å²) in [7, 11) is 0. The zero-order valence-corrected chi connectivity index (χ0v) is 12.8. The summed E-state index contributed by atoms with van der Waals surface area (Å²) in [5.41, 5.74) is 0. The van der Waals surface area contributed by atoms with Crippen LogP contribution >= 0.6 is 15.9 Å². The molecule has 0 radical (unpaired) electrons. The van der Waals surface area contributed by atoms with Gasteiger partial charge in [-0.3, -0.25) is 4.79 Å². The zero-order chi connectivity index (χ0) is 14.3. The van der Waals surface area contributed by atoms with Crippen molar-refractivity contribution in [3.05, 3.63) is 28.7 Å². The number of ether oxygens (including phenoxy) is 1. The van der Waals surface area contributed by atoms with Crippen molar-refractivity contribution in [2.75, 3.05) is 6.54 Å². The number of amides is 1. The van der Waals surface area contributed by atoms with Gasteiger partial charge in [0, 0.05) is 6.54 Å². The van der Waals surface area contributed by atoms with E-state index in [1.807, 2.05) is 25.1 Å². The second-order valence-corrected chi connectivity index (χ2v) is 5.19. The molecule has 0 fully saturated rings. The van der Waals surface area contributed by atoms with Crippen LogP contribution in [0.4, 0.5) is 0 Å². The number of benzene rings is 1. The normalized spacial score (nSPS) is 13.7. The molecule has 1 amide bonds. The van der Waals surface area contributed by atoms with Crippen LogP contribution in [0.2, 0.25) is 0 Å². The van der Waals surface area contributed by atoms with Gasteiger partial charge in [0.25, 0.3) is 5.91 Å². The minimum Gasteiger partial charge on any atom is -0.480 e. The molecule has 4 nitrogen and oxygen atoms in total. The SMILES string of the molecule is CCC(O)CCNC(=O)C(C)Oc1ccccc1Br. The lowest BCUT2D eigenvalue weighted by Crippen LogP contribution is -2.37. The van der Waals surface area contributed by atoms with Gasteiger partial charge in [0.2, 0.25) is 0 Å². The van der Waals surface area contributed by atoms with Crippen LogP contribution in [0.15, 0.2) is 28.7 Å².